The average molecular weight is 285 g/mol. The number of aliphatic carboxylic acids is 1. The fourth-order valence-electron chi connectivity index (χ4n) is 1.59. The molecule has 0 aliphatic carbocycles. The van der Waals surface area contributed by atoms with Crippen LogP contribution in [0.2, 0.25) is 0 Å². The number of halogens is 1. The van der Waals surface area contributed by atoms with Crippen molar-refractivity contribution < 1.29 is 28.6 Å². The molecule has 1 unspecified atom stereocenters. The third-order valence-corrected chi connectivity index (χ3v) is 2.62. The van der Waals surface area contributed by atoms with E-state index in [0.717, 1.165) is 12.1 Å². The minimum atomic E-state index is -1.19. The Morgan fingerprint density at radius 2 is 2.10 bits per heavy atom. The number of ether oxygens (including phenoxy) is 2. The van der Waals surface area contributed by atoms with E-state index in [9.17, 15) is 14.0 Å². The third-order valence-electron chi connectivity index (χ3n) is 2.62. The zero-order valence-corrected chi connectivity index (χ0v) is 11.2. The van der Waals surface area contributed by atoms with Crippen LogP contribution in [0.15, 0.2) is 18.2 Å². The first kappa shape index (κ1) is 15.9. The first-order chi connectivity index (χ1) is 9.49. The van der Waals surface area contributed by atoms with Gasteiger partial charge in [-0.1, -0.05) is 0 Å². The summed E-state index contributed by atoms with van der Waals surface area (Å²) in [6.07, 6.45) is 0.106. The van der Waals surface area contributed by atoms with Gasteiger partial charge < -0.3 is 19.9 Å². The Bertz CT molecular complexity index is 492. The second-order valence-electron chi connectivity index (χ2n) is 3.99. The Morgan fingerprint density at radius 3 is 2.65 bits per heavy atom. The summed E-state index contributed by atoms with van der Waals surface area (Å²) in [6.45, 7) is 0.178. The van der Waals surface area contributed by atoms with Gasteiger partial charge in [-0.15, -0.1) is 0 Å². The third kappa shape index (κ3) is 4.20. The molecule has 0 bridgehead atoms. The maximum atomic E-state index is 13.2. The van der Waals surface area contributed by atoms with Crippen LogP contribution in [-0.4, -0.2) is 43.9 Å². The van der Waals surface area contributed by atoms with Crippen LogP contribution in [0.4, 0.5) is 4.39 Å². The normalized spacial score (nSPS) is 11.8. The van der Waals surface area contributed by atoms with E-state index in [2.05, 4.69) is 5.32 Å². The summed E-state index contributed by atoms with van der Waals surface area (Å²) in [5.74, 6) is -2.35. The molecule has 0 aliphatic heterocycles. The second-order valence-corrected chi connectivity index (χ2v) is 3.99. The van der Waals surface area contributed by atoms with E-state index in [0.29, 0.717) is 0 Å². The molecule has 0 spiro atoms. The standard InChI is InChI=1S/C13H16FNO5/c1-19-6-5-10(13(17)18)15-12(16)9-7-8(14)3-4-11(9)20-2/h3-4,7,10H,5-6H2,1-2H3,(H,15,16)(H,17,18). The topological polar surface area (TPSA) is 84.9 Å². The molecule has 0 aliphatic rings. The predicted octanol–water partition coefficient (Wildman–Crippen LogP) is 1.05. The smallest absolute Gasteiger partial charge is 0.326 e. The molecule has 0 heterocycles. The molecule has 2 N–H and O–H groups in total. The van der Waals surface area contributed by atoms with Gasteiger partial charge in [0.25, 0.3) is 5.91 Å². The lowest BCUT2D eigenvalue weighted by Gasteiger charge is -2.15. The highest BCUT2D eigenvalue weighted by Gasteiger charge is 2.22. The van der Waals surface area contributed by atoms with Crippen LogP contribution in [0.25, 0.3) is 0 Å². The number of hydrogen-bond donors (Lipinski definition) is 2. The van der Waals surface area contributed by atoms with Crippen molar-refractivity contribution in [3.05, 3.63) is 29.6 Å². The van der Waals surface area contributed by atoms with Crippen molar-refractivity contribution >= 4 is 11.9 Å². The summed E-state index contributed by atoms with van der Waals surface area (Å²) in [6, 6.07) is 2.32. The van der Waals surface area contributed by atoms with Crippen LogP contribution >= 0.6 is 0 Å². The lowest BCUT2D eigenvalue weighted by Crippen LogP contribution is -2.41. The SMILES string of the molecule is COCCC(NC(=O)c1cc(F)ccc1OC)C(=O)O. The van der Waals surface area contributed by atoms with Gasteiger partial charge in [0.1, 0.15) is 17.6 Å². The van der Waals surface area contributed by atoms with Crippen LogP contribution in [0, 0.1) is 5.82 Å². The van der Waals surface area contributed by atoms with Gasteiger partial charge in [0.2, 0.25) is 0 Å². The number of rotatable bonds is 7. The number of nitrogens with one attached hydrogen (secondary N) is 1. The highest BCUT2D eigenvalue weighted by molar-refractivity contribution is 5.98. The number of methoxy groups -OCH3 is 2. The molecule has 0 fully saturated rings. The lowest BCUT2D eigenvalue weighted by atomic mass is 10.1. The molecule has 1 amide bonds. The highest BCUT2D eigenvalue weighted by Crippen LogP contribution is 2.19. The Hall–Kier alpha value is -2.15. The van der Waals surface area contributed by atoms with Crippen molar-refractivity contribution in [2.24, 2.45) is 0 Å². The molecule has 0 radical (unpaired) electrons. The van der Waals surface area contributed by atoms with Gasteiger partial charge in [0.15, 0.2) is 0 Å². The zero-order valence-electron chi connectivity index (χ0n) is 11.2. The average Bonchev–Trinajstić information content (AvgIpc) is 2.42. The minimum Gasteiger partial charge on any atom is -0.496 e. The number of benzene rings is 1. The summed E-state index contributed by atoms with van der Waals surface area (Å²) in [5.41, 5.74) is -0.0591. The number of amides is 1. The molecule has 0 saturated carbocycles. The lowest BCUT2D eigenvalue weighted by molar-refractivity contribution is -0.139. The van der Waals surface area contributed by atoms with Gasteiger partial charge in [-0.05, 0) is 18.2 Å². The maximum absolute atomic E-state index is 13.2. The quantitative estimate of drug-likeness (QED) is 0.782. The number of carbonyl (C=O) groups excluding carboxylic acids is 1. The Kier molecular flexibility index (Phi) is 5.92. The van der Waals surface area contributed by atoms with Gasteiger partial charge in [0.05, 0.1) is 12.7 Å². The van der Waals surface area contributed by atoms with Crippen LogP contribution < -0.4 is 10.1 Å². The molecule has 1 aromatic rings. The first-order valence-electron chi connectivity index (χ1n) is 5.85. The predicted molar refractivity (Wildman–Crippen MR) is 68.3 cm³/mol. The molecule has 20 heavy (non-hydrogen) atoms. The van der Waals surface area contributed by atoms with Crippen molar-refractivity contribution in [1.29, 1.82) is 0 Å². The van der Waals surface area contributed by atoms with E-state index in [-0.39, 0.29) is 24.3 Å². The summed E-state index contributed by atoms with van der Waals surface area (Å²) in [7, 11) is 2.76. The molecular formula is C13H16FNO5. The van der Waals surface area contributed by atoms with Gasteiger partial charge >= 0.3 is 5.97 Å². The van der Waals surface area contributed by atoms with E-state index in [1.54, 1.807) is 0 Å². The van der Waals surface area contributed by atoms with E-state index >= 15 is 0 Å². The number of carboxylic acids is 1. The van der Waals surface area contributed by atoms with Crippen molar-refractivity contribution in [3.63, 3.8) is 0 Å². The molecule has 7 heteroatoms. The maximum Gasteiger partial charge on any atom is 0.326 e. The molecule has 1 aromatic carbocycles. The molecule has 110 valence electrons. The van der Waals surface area contributed by atoms with E-state index in [4.69, 9.17) is 14.6 Å². The van der Waals surface area contributed by atoms with Crippen molar-refractivity contribution in [1.82, 2.24) is 5.32 Å². The Balaban J connectivity index is 2.88. The van der Waals surface area contributed by atoms with Gasteiger partial charge in [-0.3, -0.25) is 4.79 Å². The summed E-state index contributed by atoms with van der Waals surface area (Å²) in [4.78, 5) is 23.0. The zero-order chi connectivity index (χ0) is 15.1. The summed E-state index contributed by atoms with van der Waals surface area (Å²) in [5, 5.41) is 11.3. The minimum absolute atomic E-state index is 0.0591. The largest absolute Gasteiger partial charge is 0.496 e. The fourth-order valence-corrected chi connectivity index (χ4v) is 1.59. The fraction of sp³-hybridized carbons (Fsp3) is 0.385. The molecule has 1 rings (SSSR count). The monoisotopic (exact) mass is 285 g/mol. The van der Waals surface area contributed by atoms with E-state index in [1.165, 1.54) is 20.3 Å². The van der Waals surface area contributed by atoms with Gasteiger partial charge in [-0.25, -0.2) is 9.18 Å². The van der Waals surface area contributed by atoms with Crippen LogP contribution in [-0.2, 0) is 9.53 Å². The summed E-state index contributed by atoms with van der Waals surface area (Å²) >= 11 is 0. The number of carboxylic acid groups (broad SMARTS) is 1. The van der Waals surface area contributed by atoms with E-state index < -0.39 is 23.7 Å². The van der Waals surface area contributed by atoms with Crippen LogP contribution in [0.3, 0.4) is 0 Å². The second kappa shape index (κ2) is 7.44. The number of hydrogen-bond acceptors (Lipinski definition) is 4. The molecular weight excluding hydrogens is 269 g/mol. The van der Waals surface area contributed by atoms with Crippen LogP contribution in [0.1, 0.15) is 16.8 Å². The molecule has 0 saturated heterocycles. The highest BCUT2D eigenvalue weighted by atomic mass is 19.1. The van der Waals surface area contributed by atoms with Crippen molar-refractivity contribution in [2.45, 2.75) is 12.5 Å². The van der Waals surface area contributed by atoms with E-state index in [1.807, 2.05) is 0 Å². The Labute approximate surface area is 115 Å². The van der Waals surface area contributed by atoms with Crippen molar-refractivity contribution in [3.8, 4) is 5.75 Å². The van der Waals surface area contributed by atoms with Gasteiger partial charge in [-0.2, -0.15) is 0 Å². The van der Waals surface area contributed by atoms with Crippen LogP contribution in [0.5, 0.6) is 5.75 Å². The molecule has 1 atom stereocenters. The number of carbonyl (C=O) groups is 2. The van der Waals surface area contributed by atoms with Crippen molar-refractivity contribution in [2.75, 3.05) is 20.8 Å². The van der Waals surface area contributed by atoms with Gasteiger partial charge in [0, 0.05) is 20.1 Å². The molecule has 6 nitrogen and oxygen atoms in total. The molecule has 0 aromatic heterocycles. The first-order valence-corrected chi connectivity index (χ1v) is 5.85. The summed E-state index contributed by atoms with van der Waals surface area (Å²) < 4.78 is 22.9. The Morgan fingerprint density at radius 1 is 1.40 bits per heavy atom.